The van der Waals surface area contributed by atoms with Gasteiger partial charge in [0.05, 0.1) is 0 Å². The first kappa shape index (κ1) is 20.0. The number of carbonyl (C=O) groups excluding carboxylic acids is 1. The first-order valence-corrected chi connectivity index (χ1v) is 10.6. The predicted octanol–water partition coefficient (Wildman–Crippen LogP) is 5.67. The highest BCUT2D eigenvalue weighted by atomic mass is 16.1. The second-order valence-corrected chi connectivity index (χ2v) is 7.86. The summed E-state index contributed by atoms with van der Waals surface area (Å²) < 4.78 is 2.33. The van der Waals surface area contributed by atoms with E-state index in [2.05, 4.69) is 78.3 Å². The minimum Gasteiger partial charge on any atom is -0.352 e. The summed E-state index contributed by atoms with van der Waals surface area (Å²) in [5, 5.41) is 4.22. The molecular weight excluding hydrogens is 368 g/mol. The van der Waals surface area contributed by atoms with E-state index < -0.39 is 0 Å². The molecule has 0 bridgehead atoms. The highest BCUT2D eigenvalue weighted by Gasteiger charge is 2.14. The summed E-state index contributed by atoms with van der Waals surface area (Å²) in [7, 11) is 0. The van der Waals surface area contributed by atoms with Gasteiger partial charge >= 0.3 is 0 Å². The van der Waals surface area contributed by atoms with Crippen LogP contribution < -0.4 is 5.32 Å². The van der Waals surface area contributed by atoms with Crippen LogP contribution in [0, 0.1) is 13.8 Å². The summed E-state index contributed by atoms with van der Waals surface area (Å²) in [4.78, 5) is 12.7. The lowest BCUT2D eigenvalue weighted by Crippen LogP contribution is -2.24. The number of hydrogen-bond donors (Lipinski definition) is 1. The van der Waals surface area contributed by atoms with Gasteiger partial charge in [-0.1, -0.05) is 60.7 Å². The van der Waals surface area contributed by atoms with E-state index in [0.29, 0.717) is 6.54 Å². The molecule has 0 aliphatic rings. The number of amides is 1. The fourth-order valence-electron chi connectivity index (χ4n) is 4.00. The molecule has 4 aromatic rings. The Morgan fingerprint density at radius 1 is 0.867 bits per heavy atom. The molecule has 0 radical (unpaired) electrons. The first-order valence-electron chi connectivity index (χ1n) is 10.6. The molecule has 3 heteroatoms. The lowest BCUT2D eigenvalue weighted by molar-refractivity contribution is 0.0953. The minimum absolute atomic E-state index is 0.00201. The van der Waals surface area contributed by atoms with Gasteiger partial charge in [-0.05, 0) is 61.6 Å². The van der Waals surface area contributed by atoms with E-state index in [0.717, 1.165) is 30.3 Å². The van der Waals surface area contributed by atoms with Crippen molar-refractivity contribution in [2.45, 2.75) is 33.2 Å². The summed E-state index contributed by atoms with van der Waals surface area (Å²) >= 11 is 0. The second-order valence-electron chi connectivity index (χ2n) is 7.86. The Hall–Kier alpha value is -3.33. The van der Waals surface area contributed by atoms with Crippen molar-refractivity contribution in [1.29, 1.82) is 0 Å². The molecule has 3 aromatic carbocycles. The molecule has 0 aliphatic carbocycles. The SMILES string of the molecule is Cc1c(C)n(Cc2ccccc2)c2ccc(C(=O)NCCCc3ccccc3)cc12. The highest BCUT2D eigenvalue weighted by molar-refractivity contribution is 5.99. The van der Waals surface area contributed by atoms with Gasteiger partial charge in [-0.2, -0.15) is 0 Å². The van der Waals surface area contributed by atoms with Gasteiger partial charge in [-0.3, -0.25) is 4.79 Å². The van der Waals surface area contributed by atoms with Crippen molar-refractivity contribution >= 4 is 16.8 Å². The van der Waals surface area contributed by atoms with E-state index in [-0.39, 0.29) is 5.91 Å². The largest absolute Gasteiger partial charge is 0.352 e. The van der Waals surface area contributed by atoms with Crippen molar-refractivity contribution in [3.8, 4) is 0 Å². The van der Waals surface area contributed by atoms with E-state index >= 15 is 0 Å². The third kappa shape index (κ3) is 4.30. The lowest BCUT2D eigenvalue weighted by atomic mass is 10.1. The predicted molar refractivity (Wildman–Crippen MR) is 124 cm³/mol. The molecule has 30 heavy (non-hydrogen) atoms. The smallest absolute Gasteiger partial charge is 0.251 e. The zero-order valence-corrected chi connectivity index (χ0v) is 17.7. The molecule has 4 rings (SSSR count). The van der Waals surface area contributed by atoms with Crippen LogP contribution in [0.1, 0.15) is 39.2 Å². The molecule has 0 atom stereocenters. The van der Waals surface area contributed by atoms with Crippen LogP contribution in [-0.2, 0) is 13.0 Å². The lowest BCUT2D eigenvalue weighted by Gasteiger charge is -2.09. The van der Waals surface area contributed by atoms with E-state index in [4.69, 9.17) is 0 Å². The van der Waals surface area contributed by atoms with Crippen LogP contribution in [0.2, 0.25) is 0 Å². The summed E-state index contributed by atoms with van der Waals surface area (Å²) in [6, 6.07) is 26.9. The van der Waals surface area contributed by atoms with Crippen LogP contribution in [0.25, 0.3) is 10.9 Å². The Labute approximate surface area is 178 Å². The first-order chi connectivity index (χ1) is 14.6. The van der Waals surface area contributed by atoms with Gasteiger partial charge in [-0.15, -0.1) is 0 Å². The van der Waals surface area contributed by atoms with Crippen LogP contribution in [0.3, 0.4) is 0 Å². The maximum Gasteiger partial charge on any atom is 0.251 e. The molecule has 1 aromatic heterocycles. The van der Waals surface area contributed by atoms with E-state index in [1.807, 2.05) is 24.3 Å². The zero-order valence-electron chi connectivity index (χ0n) is 17.7. The van der Waals surface area contributed by atoms with Gasteiger partial charge in [0.1, 0.15) is 0 Å². The standard InChI is InChI=1S/C27H28N2O/c1-20-21(2)29(19-23-12-7-4-8-13-23)26-16-15-24(18-25(20)26)27(30)28-17-9-14-22-10-5-3-6-11-22/h3-8,10-13,15-16,18H,9,14,17,19H2,1-2H3,(H,28,30). The molecule has 152 valence electrons. The van der Waals surface area contributed by atoms with Crippen LogP contribution >= 0.6 is 0 Å². The fraction of sp³-hybridized carbons (Fsp3) is 0.222. The number of rotatable bonds is 7. The number of aromatic nitrogens is 1. The van der Waals surface area contributed by atoms with E-state index in [1.165, 1.54) is 27.9 Å². The van der Waals surface area contributed by atoms with Crippen molar-refractivity contribution in [3.05, 3.63) is 107 Å². The van der Waals surface area contributed by atoms with Crippen molar-refractivity contribution < 1.29 is 4.79 Å². The zero-order chi connectivity index (χ0) is 20.9. The van der Waals surface area contributed by atoms with Gasteiger partial charge in [0.2, 0.25) is 0 Å². The van der Waals surface area contributed by atoms with Gasteiger partial charge in [0, 0.05) is 35.2 Å². The van der Waals surface area contributed by atoms with Crippen molar-refractivity contribution in [1.82, 2.24) is 9.88 Å². The monoisotopic (exact) mass is 396 g/mol. The Balaban J connectivity index is 1.46. The number of nitrogens with one attached hydrogen (secondary N) is 1. The quantitative estimate of drug-likeness (QED) is 0.401. The number of fused-ring (bicyclic) bond motifs is 1. The van der Waals surface area contributed by atoms with E-state index in [1.54, 1.807) is 0 Å². The minimum atomic E-state index is -0.00201. The third-order valence-electron chi connectivity index (χ3n) is 5.86. The molecule has 1 heterocycles. The Morgan fingerprint density at radius 3 is 2.23 bits per heavy atom. The molecule has 1 N–H and O–H groups in total. The average molecular weight is 397 g/mol. The number of nitrogens with zero attached hydrogens (tertiary/aromatic N) is 1. The van der Waals surface area contributed by atoms with Crippen molar-refractivity contribution in [2.24, 2.45) is 0 Å². The molecule has 0 saturated heterocycles. The van der Waals surface area contributed by atoms with Gasteiger partial charge in [-0.25, -0.2) is 0 Å². The van der Waals surface area contributed by atoms with Crippen molar-refractivity contribution in [3.63, 3.8) is 0 Å². The summed E-state index contributed by atoms with van der Waals surface area (Å²) in [6.07, 6.45) is 1.91. The maximum atomic E-state index is 12.7. The van der Waals surface area contributed by atoms with Crippen LogP contribution in [0.5, 0.6) is 0 Å². The number of carbonyl (C=O) groups is 1. The summed E-state index contributed by atoms with van der Waals surface area (Å²) in [5.41, 5.74) is 6.96. The van der Waals surface area contributed by atoms with Crippen LogP contribution in [0.15, 0.2) is 78.9 Å². The molecule has 0 fully saturated rings. The Bertz CT molecular complexity index is 1140. The average Bonchev–Trinajstić information content (AvgIpc) is 3.02. The van der Waals surface area contributed by atoms with Gasteiger partial charge in [0.15, 0.2) is 0 Å². The topological polar surface area (TPSA) is 34.0 Å². The van der Waals surface area contributed by atoms with Crippen molar-refractivity contribution in [2.75, 3.05) is 6.54 Å². The summed E-state index contributed by atoms with van der Waals surface area (Å²) in [5.74, 6) is -0.00201. The molecule has 1 amide bonds. The molecule has 3 nitrogen and oxygen atoms in total. The second kappa shape index (κ2) is 9.00. The number of hydrogen-bond acceptors (Lipinski definition) is 1. The number of benzene rings is 3. The summed E-state index contributed by atoms with van der Waals surface area (Å²) in [6.45, 7) is 5.81. The van der Waals surface area contributed by atoms with Gasteiger partial charge < -0.3 is 9.88 Å². The Kier molecular flexibility index (Phi) is 5.99. The van der Waals surface area contributed by atoms with E-state index in [9.17, 15) is 4.79 Å². The molecule has 0 unspecified atom stereocenters. The molecular formula is C27H28N2O. The normalized spacial score (nSPS) is 11.0. The van der Waals surface area contributed by atoms with Gasteiger partial charge in [0.25, 0.3) is 5.91 Å². The fourth-order valence-corrected chi connectivity index (χ4v) is 4.00. The molecule has 0 spiro atoms. The molecule has 0 aliphatic heterocycles. The third-order valence-corrected chi connectivity index (χ3v) is 5.86. The van der Waals surface area contributed by atoms with Crippen LogP contribution in [-0.4, -0.2) is 17.0 Å². The Morgan fingerprint density at radius 2 is 1.53 bits per heavy atom. The van der Waals surface area contributed by atoms with Crippen LogP contribution in [0.4, 0.5) is 0 Å². The highest BCUT2D eigenvalue weighted by Crippen LogP contribution is 2.27. The number of aryl methyl sites for hydroxylation is 2. The molecule has 0 saturated carbocycles. The maximum absolute atomic E-state index is 12.7.